The molecule has 1 aromatic rings. The molecule has 0 fully saturated rings. The maximum Gasteiger partial charge on any atom is 0.242 e. The molecule has 1 atom stereocenters. The van der Waals surface area contributed by atoms with Gasteiger partial charge in [0.25, 0.3) is 0 Å². The lowest BCUT2D eigenvalue weighted by Crippen LogP contribution is -2.49. The first-order valence-electron chi connectivity index (χ1n) is 8.19. The molecule has 2 amide bonds. The number of halogens is 1. The average molecular weight is 322 g/mol. The van der Waals surface area contributed by atoms with E-state index < -0.39 is 6.04 Å². The number of rotatable bonds is 8. The Labute approximate surface area is 138 Å². The van der Waals surface area contributed by atoms with Crippen LogP contribution in [0.3, 0.4) is 0 Å². The smallest absolute Gasteiger partial charge is 0.242 e. The fourth-order valence-electron chi connectivity index (χ4n) is 2.20. The molecule has 0 radical (unpaired) electrons. The number of nitrogens with one attached hydrogen (secondary N) is 1. The lowest BCUT2D eigenvalue weighted by molar-refractivity contribution is -0.143. The number of amides is 2. The first-order valence-corrected chi connectivity index (χ1v) is 8.19. The van der Waals surface area contributed by atoms with Crippen molar-refractivity contribution < 1.29 is 14.0 Å². The monoisotopic (exact) mass is 322 g/mol. The summed E-state index contributed by atoms with van der Waals surface area (Å²) in [5.74, 6) is -0.774. The molecule has 0 bridgehead atoms. The van der Waals surface area contributed by atoms with Gasteiger partial charge in [0.05, 0.1) is 0 Å². The Balaban J connectivity index is 2.84. The highest BCUT2D eigenvalue weighted by atomic mass is 19.1. The van der Waals surface area contributed by atoms with Crippen LogP contribution in [-0.2, 0) is 16.1 Å². The van der Waals surface area contributed by atoms with E-state index in [2.05, 4.69) is 12.2 Å². The molecule has 0 aliphatic rings. The number of unbranched alkanes of at least 4 members (excludes halogenated alkanes) is 1. The van der Waals surface area contributed by atoms with Gasteiger partial charge in [-0.15, -0.1) is 0 Å². The molecule has 0 saturated heterocycles. The van der Waals surface area contributed by atoms with Gasteiger partial charge < -0.3 is 10.2 Å². The summed E-state index contributed by atoms with van der Waals surface area (Å²) in [6.07, 6.45) is 1.91. The van der Waals surface area contributed by atoms with Gasteiger partial charge in [-0.05, 0) is 31.0 Å². The molecular weight excluding hydrogens is 295 g/mol. The van der Waals surface area contributed by atoms with Gasteiger partial charge in [0.2, 0.25) is 11.8 Å². The summed E-state index contributed by atoms with van der Waals surface area (Å²) < 4.78 is 13.0. The molecule has 0 spiro atoms. The standard InChI is InChI=1S/C18H27FN2O2/c1-5-6-11-20-17(22)14(4)21(18(23)13(2)3)12-15-7-9-16(19)10-8-15/h7-10,13-14H,5-6,11-12H2,1-4H3,(H,20,22)/t14-/m0/s1. The Hall–Kier alpha value is -1.91. The Morgan fingerprint density at radius 1 is 1.17 bits per heavy atom. The molecule has 23 heavy (non-hydrogen) atoms. The third kappa shape index (κ3) is 6.00. The summed E-state index contributed by atoms with van der Waals surface area (Å²) in [6, 6.07) is 5.43. The van der Waals surface area contributed by atoms with Crippen molar-refractivity contribution in [1.82, 2.24) is 10.2 Å². The Kier molecular flexibility index (Phi) is 7.72. The van der Waals surface area contributed by atoms with Crippen LogP contribution in [0.5, 0.6) is 0 Å². The van der Waals surface area contributed by atoms with E-state index in [0.29, 0.717) is 13.1 Å². The molecule has 0 aliphatic heterocycles. The molecule has 0 aliphatic carbocycles. The van der Waals surface area contributed by atoms with Crippen LogP contribution < -0.4 is 5.32 Å². The molecule has 0 heterocycles. The minimum absolute atomic E-state index is 0.0903. The van der Waals surface area contributed by atoms with E-state index in [-0.39, 0.29) is 23.5 Å². The van der Waals surface area contributed by atoms with Crippen molar-refractivity contribution in [3.8, 4) is 0 Å². The molecule has 5 heteroatoms. The van der Waals surface area contributed by atoms with Crippen molar-refractivity contribution in [1.29, 1.82) is 0 Å². The highest BCUT2D eigenvalue weighted by Crippen LogP contribution is 2.13. The van der Waals surface area contributed by atoms with Gasteiger partial charge in [-0.1, -0.05) is 39.3 Å². The van der Waals surface area contributed by atoms with Crippen LogP contribution in [-0.4, -0.2) is 29.3 Å². The van der Waals surface area contributed by atoms with Crippen molar-refractivity contribution in [3.63, 3.8) is 0 Å². The first-order chi connectivity index (χ1) is 10.9. The van der Waals surface area contributed by atoms with Crippen molar-refractivity contribution in [3.05, 3.63) is 35.6 Å². The van der Waals surface area contributed by atoms with Gasteiger partial charge in [0.1, 0.15) is 11.9 Å². The van der Waals surface area contributed by atoms with E-state index >= 15 is 0 Å². The van der Waals surface area contributed by atoms with Crippen LogP contribution in [0, 0.1) is 11.7 Å². The zero-order chi connectivity index (χ0) is 17.4. The van der Waals surface area contributed by atoms with Crippen LogP contribution in [0.4, 0.5) is 4.39 Å². The number of carbonyl (C=O) groups is 2. The Morgan fingerprint density at radius 2 is 1.78 bits per heavy atom. The number of benzene rings is 1. The first kappa shape index (κ1) is 19.1. The highest BCUT2D eigenvalue weighted by Gasteiger charge is 2.27. The summed E-state index contributed by atoms with van der Waals surface area (Å²) in [5, 5.41) is 2.86. The molecule has 0 saturated carbocycles. The van der Waals surface area contributed by atoms with E-state index in [4.69, 9.17) is 0 Å². The van der Waals surface area contributed by atoms with Crippen LogP contribution in [0.15, 0.2) is 24.3 Å². The molecule has 0 unspecified atom stereocenters. The normalized spacial score (nSPS) is 12.1. The molecule has 1 N–H and O–H groups in total. The van der Waals surface area contributed by atoms with Gasteiger partial charge in [-0.2, -0.15) is 0 Å². The van der Waals surface area contributed by atoms with Crippen LogP contribution >= 0.6 is 0 Å². The van der Waals surface area contributed by atoms with E-state index in [1.54, 1.807) is 24.0 Å². The van der Waals surface area contributed by atoms with E-state index in [1.807, 2.05) is 13.8 Å². The molecule has 1 aromatic carbocycles. The summed E-state index contributed by atoms with van der Waals surface area (Å²) in [7, 11) is 0. The van der Waals surface area contributed by atoms with E-state index in [9.17, 15) is 14.0 Å². The van der Waals surface area contributed by atoms with Gasteiger partial charge >= 0.3 is 0 Å². The number of hydrogen-bond acceptors (Lipinski definition) is 2. The predicted octanol–water partition coefficient (Wildman–Crippen LogP) is 3.12. The van der Waals surface area contributed by atoms with Gasteiger partial charge in [0.15, 0.2) is 0 Å². The van der Waals surface area contributed by atoms with Gasteiger partial charge in [-0.3, -0.25) is 9.59 Å². The molecular formula is C18H27FN2O2. The maximum absolute atomic E-state index is 13.0. The zero-order valence-electron chi connectivity index (χ0n) is 14.4. The second kappa shape index (κ2) is 9.28. The van der Waals surface area contributed by atoms with Crippen molar-refractivity contribution in [2.45, 2.75) is 53.1 Å². The average Bonchev–Trinajstić information content (AvgIpc) is 2.53. The summed E-state index contributed by atoms with van der Waals surface area (Å²) >= 11 is 0. The van der Waals surface area contributed by atoms with E-state index in [1.165, 1.54) is 12.1 Å². The largest absolute Gasteiger partial charge is 0.354 e. The molecule has 128 valence electrons. The zero-order valence-corrected chi connectivity index (χ0v) is 14.4. The third-order valence-corrected chi connectivity index (χ3v) is 3.72. The topological polar surface area (TPSA) is 49.4 Å². The van der Waals surface area contributed by atoms with Crippen molar-refractivity contribution >= 4 is 11.8 Å². The molecule has 0 aromatic heterocycles. The summed E-state index contributed by atoms with van der Waals surface area (Å²) in [4.78, 5) is 26.3. The van der Waals surface area contributed by atoms with Gasteiger partial charge in [0, 0.05) is 19.0 Å². The summed E-state index contributed by atoms with van der Waals surface area (Å²) in [5.41, 5.74) is 0.800. The van der Waals surface area contributed by atoms with Gasteiger partial charge in [-0.25, -0.2) is 4.39 Å². The number of nitrogens with zero attached hydrogens (tertiary/aromatic N) is 1. The minimum atomic E-state index is -0.563. The van der Waals surface area contributed by atoms with Crippen LogP contribution in [0.1, 0.15) is 46.1 Å². The van der Waals surface area contributed by atoms with E-state index in [0.717, 1.165) is 18.4 Å². The Morgan fingerprint density at radius 3 is 2.30 bits per heavy atom. The maximum atomic E-state index is 13.0. The molecule has 4 nitrogen and oxygen atoms in total. The highest BCUT2D eigenvalue weighted by molar-refractivity contribution is 5.88. The van der Waals surface area contributed by atoms with Crippen LogP contribution in [0.2, 0.25) is 0 Å². The number of hydrogen-bond donors (Lipinski definition) is 1. The van der Waals surface area contributed by atoms with Crippen molar-refractivity contribution in [2.24, 2.45) is 5.92 Å². The Bertz CT molecular complexity index is 514. The quantitative estimate of drug-likeness (QED) is 0.748. The summed E-state index contributed by atoms with van der Waals surface area (Å²) in [6.45, 7) is 8.30. The SMILES string of the molecule is CCCCNC(=O)[C@H](C)N(Cc1ccc(F)cc1)C(=O)C(C)C. The predicted molar refractivity (Wildman–Crippen MR) is 89.2 cm³/mol. The van der Waals surface area contributed by atoms with Crippen LogP contribution in [0.25, 0.3) is 0 Å². The fraction of sp³-hybridized carbons (Fsp3) is 0.556. The van der Waals surface area contributed by atoms with Crippen molar-refractivity contribution in [2.75, 3.05) is 6.54 Å². The third-order valence-electron chi connectivity index (χ3n) is 3.72. The fourth-order valence-corrected chi connectivity index (χ4v) is 2.20. The number of carbonyl (C=O) groups excluding carboxylic acids is 2. The minimum Gasteiger partial charge on any atom is -0.354 e. The lowest BCUT2D eigenvalue weighted by Gasteiger charge is -2.30. The second-order valence-corrected chi connectivity index (χ2v) is 6.07. The second-order valence-electron chi connectivity index (χ2n) is 6.07. The lowest BCUT2D eigenvalue weighted by atomic mass is 10.1. The molecule has 1 rings (SSSR count).